The van der Waals surface area contributed by atoms with E-state index in [4.69, 9.17) is 0 Å². The molecule has 0 aromatic heterocycles. The van der Waals surface area contributed by atoms with Crippen molar-refractivity contribution in [2.24, 2.45) is 0 Å². The fourth-order valence-corrected chi connectivity index (χ4v) is 4.91. The third kappa shape index (κ3) is 3.18. The van der Waals surface area contributed by atoms with Crippen LogP contribution in [0.5, 0.6) is 0 Å². The molecule has 1 fully saturated rings. The largest absolute Gasteiger partial charge is 0.416 e. The summed E-state index contributed by atoms with van der Waals surface area (Å²) in [5.41, 5.74) is -0.142. The normalized spacial score (nSPS) is 21.8. The minimum Gasteiger partial charge on any atom is -0.300 e. The topological polar surface area (TPSA) is 46.2 Å². The van der Waals surface area contributed by atoms with Crippen molar-refractivity contribution in [2.75, 3.05) is 6.54 Å². The highest BCUT2D eigenvalue weighted by molar-refractivity contribution is 7.92. The Morgan fingerprint density at radius 2 is 1.58 bits per heavy atom. The van der Waals surface area contributed by atoms with E-state index in [2.05, 4.69) is 5.32 Å². The Labute approximate surface area is 138 Å². The van der Waals surface area contributed by atoms with Crippen LogP contribution in [0.2, 0.25) is 0 Å². The van der Waals surface area contributed by atoms with Crippen molar-refractivity contribution in [1.29, 1.82) is 0 Å². The number of hydrogen-bond acceptors (Lipinski definition) is 3. The number of halogens is 3. The Balaban J connectivity index is 1.91. The molecule has 2 unspecified atom stereocenters. The van der Waals surface area contributed by atoms with Crippen molar-refractivity contribution in [3.05, 3.63) is 65.7 Å². The summed E-state index contributed by atoms with van der Waals surface area (Å²) >= 11 is 0. The summed E-state index contributed by atoms with van der Waals surface area (Å²) in [4.78, 5) is 0.210. The van der Waals surface area contributed by atoms with Gasteiger partial charge >= 0.3 is 6.18 Å². The molecule has 0 spiro atoms. The lowest BCUT2D eigenvalue weighted by Crippen LogP contribution is -2.34. The van der Waals surface area contributed by atoms with Crippen LogP contribution in [0, 0.1) is 0 Å². The van der Waals surface area contributed by atoms with E-state index in [0.29, 0.717) is 18.5 Å². The van der Waals surface area contributed by atoms with E-state index in [1.54, 1.807) is 18.2 Å². The molecule has 7 heteroatoms. The monoisotopic (exact) mass is 355 g/mol. The van der Waals surface area contributed by atoms with Crippen LogP contribution in [0.25, 0.3) is 0 Å². The van der Waals surface area contributed by atoms with E-state index in [-0.39, 0.29) is 10.8 Å². The third-order valence-electron chi connectivity index (χ3n) is 4.24. The summed E-state index contributed by atoms with van der Waals surface area (Å²) in [6, 6.07) is 12.8. The summed E-state index contributed by atoms with van der Waals surface area (Å²) in [5, 5.41) is 2.14. The van der Waals surface area contributed by atoms with E-state index in [0.717, 1.165) is 12.1 Å². The van der Waals surface area contributed by atoms with Crippen LogP contribution in [0.4, 0.5) is 13.2 Å². The van der Waals surface area contributed by atoms with Crippen molar-refractivity contribution in [3.8, 4) is 0 Å². The smallest absolute Gasteiger partial charge is 0.300 e. The molecule has 1 saturated heterocycles. The van der Waals surface area contributed by atoms with Gasteiger partial charge in [0.05, 0.1) is 10.5 Å². The summed E-state index contributed by atoms with van der Waals surface area (Å²) in [6.45, 7) is 0.502. The number of rotatable bonds is 3. The lowest BCUT2D eigenvalue weighted by molar-refractivity contribution is -0.137. The van der Waals surface area contributed by atoms with Gasteiger partial charge in [0.2, 0.25) is 0 Å². The van der Waals surface area contributed by atoms with Crippen molar-refractivity contribution < 1.29 is 21.6 Å². The quantitative estimate of drug-likeness (QED) is 0.915. The summed E-state index contributed by atoms with van der Waals surface area (Å²) in [6.07, 6.45) is -3.84. The molecule has 1 N–H and O–H groups in total. The maximum Gasteiger partial charge on any atom is 0.416 e. The Hall–Kier alpha value is -1.86. The molecule has 2 aromatic carbocycles. The number of benzene rings is 2. The molecule has 128 valence electrons. The predicted molar refractivity (Wildman–Crippen MR) is 84.2 cm³/mol. The Morgan fingerprint density at radius 1 is 0.958 bits per heavy atom. The Kier molecular flexibility index (Phi) is 4.40. The zero-order valence-electron chi connectivity index (χ0n) is 12.6. The van der Waals surface area contributed by atoms with Crippen LogP contribution in [0.15, 0.2) is 59.5 Å². The van der Waals surface area contributed by atoms with Gasteiger partial charge < -0.3 is 5.32 Å². The molecular formula is C17H16F3NO2S. The number of nitrogens with one attached hydrogen (secondary N) is 1. The first kappa shape index (κ1) is 17.0. The highest BCUT2D eigenvalue weighted by atomic mass is 32.2. The van der Waals surface area contributed by atoms with Crippen molar-refractivity contribution in [3.63, 3.8) is 0 Å². The molecule has 0 saturated carbocycles. The molecule has 0 aliphatic carbocycles. The standard InChI is InChI=1S/C17H16F3NO2S/c18-17(19,20)13-8-6-12(7-9-13)15-10-11-21-16(15)24(22,23)14-4-2-1-3-5-14/h1-9,15-16,21H,10-11H2. The highest BCUT2D eigenvalue weighted by Gasteiger charge is 2.39. The molecular weight excluding hydrogens is 339 g/mol. The first-order valence-electron chi connectivity index (χ1n) is 7.49. The molecule has 1 aliphatic heterocycles. The van der Waals surface area contributed by atoms with E-state index in [9.17, 15) is 21.6 Å². The minimum atomic E-state index is -4.40. The van der Waals surface area contributed by atoms with Crippen LogP contribution in [0.1, 0.15) is 23.5 Å². The highest BCUT2D eigenvalue weighted by Crippen LogP contribution is 2.35. The Morgan fingerprint density at radius 3 is 2.17 bits per heavy atom. The van der Waals surface area contributed by atoms with E-state index in [1.165, 1.54) is 24.3 Å². The first-order chi connectivity index (χ1) is 11.3. The molecule has 1 heterocycles. The molecule has 2 aromatic rings. The van der Waals surface area contributed by atoms with Gasteiger partial charge in [-0.05, 0) is 42.8 Å². The van der Waals surface area contributed by atoms with Gasteiger partial charge in [-0.25, -0.2) is 8.42 Å². The summed E-state index contributed by atoms with van der Waals surface area (Å²) in [7, 11) is -3.61. The van der Waals surface area contributed by atoms with E-state index in [1.807, 2.05) is 0 Å². The second-order valence-electron chi connectivity index (χ2n) is 5.75. The minimum absolute atomic E-state index is 0.210. The summed E-state index contributed by atoms with van der Waals surface area (Å²) in [5.74, 6) is -0.377. The second-order valence-corrected chi connectivity index (χ2v) is 7.82. The average Bonchev–Trinajstić information content (AvgIpc) is 3.05. The van der Waals surface area contributed by atoms with Gasteiger partial charge in [0, 0.05) is 5.92 Å². The molecule has 3 nitrogen and oxygen atoms in total. The number of alkyl halides is 3. The molecule has 2 atom stereocenters. The maximum atomic E-state index is 12.8. The van der Waals surface area contributed by atoms with E-state index >= 15 is 0 Å². The first-order valence-corrected chi connectivity index (χ1v) is 9.04. The molecule has 24 heavy (non-hydrogen) atoms. The molecule has 0 bridgehead atoms. The van der Waals surface area contributed by atoms with Gasteiger partial charge in [-0.15, -0.1) is 0 Å². The zero-order valence-corrected chi connectivity index (χ0v) is 13.4. The van der Waals surface area contributed by atoms with Crippen LogP contribution < -0.4 is 5.32 Å². The van der Waals surface area contributed by atoms with Crippen LogP contribution >= 0.6 is 0 Å². The van der Waals surface area contributed by atoms with Gasteiger partial charge in [0.15, 0.2) is 9.84 Å². The van der Waals surface area contributed by atoms with Gasteiger partial charge in [0.1, 0.15) is 5.37 Å². The zero-order chi connectivity index (χ0) is 17.4. The van der Waals surface area contributed by atoms with Crippen molar-refractivity contribution >= 4 is 9.84 Å². The fourth-order valence-electron chi connectivity index (χ4n) is 3.02. The Bertz CT molecular complexity index is 802. The third-order valence-corrected chi connectivity index (χ3v) is 6.33. The molecule has 3 rings (SSSR count). The summed E-state index contributed by atoms with van der Waals surface area (Å²) < 4.78 is 63.6. The van der Waals surface area contributed by atoms with Gasteiger partial charge in [-0.2, -0.15) is 13.2 Å². The lowest BCUT2D eigenvalue weighted by Gasteiger charge is -2.21. The second kappa shape index (κ2) is 6.22. The van der Waals surface area contributed by atoms with Gasteiger partial charge in [-0.1, -0.05) is 30.3 Å². The number of sulfone groups is 1. The predicted octanol–water partition coefficient (Wildman–Crippen LogP) is 3.58. The maximum absolute atomic E-state index is 12.8. The molecule has 0 amide bonds. The average molecular weight is 355 g/mol. The fraction of sp³-hybridized carbons (Fsp3) is 0.294. The van der Waals surface area contributed by atoms with Crippen LogP contribution in [-0.4, -0.2) is 20.3 Å². The van der Waals surface area contributed by atoms with Crippen LogP contribution in [0.3, 0.4) is 0 Å². The molecule has 0 radical (unpaired) electrons. The van der Waals surface area contributed by atoms with E-state index < -0.39 is 27.0 Å². The van der Waals surface area contributed by atoms with Gasteiger partial charge in [-0.3, -0.25) is 0 Å². The lowest BCUT2D eigenvalue weighted by atomic mass is 9.97. The SMILES string of the molecule is O=S(=O)(c1ccccc1)C1NCCC1c1ccc(C(F)(F)F)cc1. The van der Waals surface area contributed by atoms with Gasteiger partial charge in [0.25, 0.3) is 0 Å². The van der Waals surface area contributed by atoms with Crippen molar-refractivity contribution in [1.82, 2.24) is 5.32 Å². The van der Waals surface area contributed by atoms with Crippen LogP contribution in [-0.2, 0) is 16.0 Å². The number of hydrogen-bond donors (Lipinski definition) is 1. The van der Waals surface area contributed by atoms with Crippen molar-refractivity contribution in [2.45, 2.75) is 28.8 Å². The molecule has 1 aliphatic rings.